The Morgan fingerprint density at radius 1 is 1.18 bits per heavy atom. The molecule has 3 fully saturated rings. The van der Waals surface area contributed by atoms with Crippen molar-refractivity contribution in [3.8, 4) is 11.6 Å². The number of sulfonamides is 1. The lowest BCUT2D eigenvalue weighted by molar-refractivity contribution is -0.142. The number of methoxy groups -OCH3 is 1. The third-order valence-corrected chi connectivity index (χ3v) is 13.5. The number of nitrogens with zero attached hydrogens (tertiary/aromatic N) is 2. The number of benzene rings is 1. The zero-order valence-electron chi connectivity index (χ0n) is 35.7. The van der Waals surface area contributed by atoms with Crippen LogP contribution in [0.2, 0.25) is 0 Å². The molecule has 4 aliphatic rings. The van der Waals surface area contributed by atoms with Crippen LogP contribution < -0.4 is 24.8 Å². The molecule has 2 aliphatic heterocycles. The Balaban J connectivity index is 1.37. The smallest absolute Gasteiger partial charge is 0.408 e. The average Bonchev–Trinajstić information content (AvgIpc) is 4.09. The van der Waals surface area contributed by atoms with Crippen molar-refractivity contribution in [2.75, 3.05) is 13.7 Å². The van der Waals surface area contributed by atoms with Crippen molar-refractivity contribution in [1.29, 1.82) is 0 Å². The minimum absolute atomic E-state index is 0.0108. The summed E-state index contributed by atoms with van der Waals surface area (Å²) in [4.78, 5) is 62.6. The number of carbonyl (C=O) groups excluding carboxylic acids is 4. The molecule has 1 aromatic carbocycles. The van der Waals surface area contributed by atoms with Crippen LogP contribution in [0.3, 0.4) is 0 Å². The van der Waals surface area contributed by atoms with Crippen molar-refractivity contribution in [2.45, 2.75) is 126 Å². The van der Waals surface area contributed by atoms with Gasteiger partial charge in [0.15, 0.2) is 5.60 Å². The summed E-state index contributed by atoms with van der Waals surface area (Å²) in [6.07, 6.45) is 1.26. The molecule has 17 heteroatoms. The Kier molecular flexibility index (Phi) is 10.7. The van der Waals surface area contributed by atoms with E-state index in [1.54, 1.807) is 24.3 Å². The van der Waals surface area contributed by atoms with Gasteiger partial charge in [-0.25, -0.2) is 27.0 Å². The monoisotopic (exact) mass is 820 g/mol. The van der Waals surface area contributed by atoms with Crippen molar-refractivity contribution < 1.29 is 54.7 Å². The van der Waals surface area contributed by atoms with E-state index < -0.39 is 93.0 Å². The van der Waals surface area contributed by atoms with Gasteiger partial charge in [-0.05, 0) is 77.1 Å². The van der Waals surface area contributed by atoms with E-state index in [4.69, 9.17) is 18.3 Å². The fourth-order valence-corrected chi connectivity index (χ4v) is 8.98. The second-order valence-electron chi connectivity index (χ2n) is 16.3. The number of alkyl halides is 2. The summed E-state index contributed by atoms with van der Waals surface area (Å²) in [7, 11) is -3.24. The van der Waals surface area contributed by atoms with E-state index in [1.165, 1.54) is 18.2 Å². The zero-order chi connectivity index (χ0) is 44.0. The molecular weight excluding hydrogens is 765 g/mol. The minimum Gasteiger partial charge on any atom is -0.494 e. The first-order valence-electron chi connectivity index (χ1n) is 20.8. The fraction of sp³-hybridized carbons (Fsp3) is 0.625. The maximum atomic E-state index is 14.9. The van der Waals surface area contributed by atoms with E-state index in [0.29, 0.717) is 42.2 Å². The molecule has 0 radical (unpaired) electrons. The Morgan fingerprint density at radius 3 is 2.54 bits per heavy atom. The first-order valence-corrected chi connectivity index (χ1v) is 20.8. The van der Waals surface area contributed by atoms with Gasteiger partial charge in [0.25, 0.3) is 12.3 Å². The molecular formula is C40H53F2N5O9S. The molecule has 2 aliphatic carbocycles. The van der Waals surface area contributed by atoms with Crippen molar-refractivity contribution in [3.63, 3.8) is 0 Å². The number of ether oxygens (including phenoxy) is 3. The normalized spacial score (nSPS) is 30.5. The van der Waals surface area contributed by atoms with E-state index in [1.807, 2.05) is 30.7 Å². The minimum atomic E-state index is -4.73. The summed E-state index contributed by atoms with van der Waals surface area (Å²) in [5.41, 5.74) is -4.00. The van der Waals surface area contributed by atoms with Gasteiger partial charge in [-0.15, -0.1) is 0 Å². The maximum absolute atomic E-state index is 14.9. The van der Waals surface area contributed by atoms with E-state index in [2.05, 4.69) is 15.6 Å². The molecule has 1 aromatic heterocycles. The SMILES string of the molecule is [2H]C([2H])([2H])C1(S(=O)(=O)NC(=O)[C@@]23C[C@H]2/C=C\CC[C@@H](C)C[C@@H](CC)[C@H](NC(=O)OC(C)(C)C(F)F)C(=O)N2C[C@H](Oc4ncc(OC)c5ccccc45)C[C@H]2C(=O)N3)CC1. The topological polar surface area (TPSA) is 182 Å². The van der Waals surface area contributed by atoms with Gasteiger partial charge in [-0.1, -0.05) is 50.6 Å². The second-order valence-corrected chi connectivity index (χ2v) is 18.3. The quantitative estimate of drug-likeness (QED) is 0.276. The summed E-state index contributed by atoms with van der Waals surface area (Å²) in [5, 5.41) is 6.55. The summed E-state index contributed by atoms with van der Waals surface area (Å²) in [6, 6.07) is 4.45. The highest BCUT2D eigenvalue weighted by Crippen LogP contribution is 2.48. The summed E-state index contributed by atoms with van der Waals surface area (Å²) < 4.78 is 95.0. The van der Waals surface area contributed by atoms with Gasteiger partial charge in [0.1, 0.15) is 29.5 Å². The van der Waals surface area contributed by atoms with Crippen LogP contribution in [-0.2, 0) is 29.1 Å². The number of fused-ring (bicyclic) bond motifs is 3. The number of allylic oxidation sites excluding steroid dienone is 1. The fourth-order valence-electron chi connectivity index (χ4n) is 7.72. The number of amides is 4. The largest absolute Gasteiger partial charge is 0.494 e. The highest BCUT2D eigenvalue weighted by Gasteiger charge is 2.63. The Bertz CT molecular complexity index is 2140. The molecule has 0 spiro atoms. The van der Waals surface area contributed by atoms with Gasteiger partial charge in [-0.2, -0.15) is 0 Å². The molecule has 312 valence electrons. The van der Waals surface area contributed by atoms with Gasteiger partial charge in [0.05, 0.1) is 24.6 Å². The van der Waals surface area contributed by atoms with Gasteiger partial charge in [0.2, 0.25) is 27.7 Å². The van der Waals surface area contributed by atoms with Crippen molar-refractivity contribution >= 4 is 44.6 Å². The molecule has 6 rings (SSSR count). The molecule has 3 heterocycles. The first kappa shape index (κ1) is 38.0. The summed E-state index contributed by atoms with van der Waals surface area (Å²) >= 11 is 0. The van der Waals surface area contributed by atoms with Crippen LogP contribution in [0.15, 0.2) is 42.6 Å². The van der Waals surface area contributed by atoms with Crippen LogP contribution in [0.1, 0.15) is 90.0 Å². The number of rotatable bonds is 10. The van der Waals surface area contributed by atoms with Crippen LogP contribution in [-0.4, -0.2) is 96.3 Å². The molecule has 2 saturated carbocycles. The van der Waals surface area contributed by atoms with Gasteiger partial charge < -0.3 is 29.7 Å². The molecule has 1 saturated heterocycles. The number of hydrogen-bond acceptors (Lipinski definition) is 10. The predicted octanol–water partition coefficient (Wildman–Crippen LogP) is 5.01. The summed E-state index contributed by atoms with van der Waals surface area (Å²) in [5.74, 6) is -3.24. The van der Waals surface area contributed by atoms with Gasteiger partial charge in [0, 0.05) is 27.2 Å². The van der Waals surface area contributed by atoms with E-state index in [-0.39, 0.29) is 44.0 Å². The van der Waals surface area contributed by atoms with Crippen LogP contribution in [0.25, 0.3) is 10.8 Å². The van der Waals surface area contributed by atoms with E-state index in [0.717, 1.165) is 13.8 Å². The first-order chi connectivity index (χ1) is 28.1. The number of aromatic nitrogens is 1. The molecule has 7 atom stereocenters. The van der Waals surface area contributed by atoms with Crippen molar-refractivity contribution in [3.05, 3.63) is 42.6 Å². The van der Waals surface area contributed by atoms with Crippen LogP contribution in [0.5, 0.6) is 11.6 Å². The molecule has 3 N–H and O–H groups in total. The standard InChI is InChI=1S/C40H53F2N5O9S/c1-7-24-18-23(2)12-8-9-13-25-20-40(25,36(50)46-57(52,53)39(5)16-17-39)45-32(48)29-19-26(55-33-28-15-11-10-14-27(28)30(54-6)21-43-33)22-47(29)34(49)31(24)44-37(51)56-38(3,4)35(41)42/h9-11,13-15,21,23-26,29,31,35H,7-8,12,16-20,22H2,1-6H3,(H,44,51)(H,45,48)(H,46,50)/b13-9-/t23-,24-,25-,26-,29+,31+,40-/m1/s1/i5D3. The number of hydrogen-bond donors (Lipinski definition) is 3. The summed E-state index contributed by atoms with van der Waals surface area (Å²) in [6.45, 7) is 2.75. The zero-order valence-corrected chi connectivity index (χ0v) is 33.5. The lowest BCUT2D eigenvalue weighted by atomic mass is 9.85. The molecule has 57 heavy (non-hydrogen) atoms. The van der Waals surface area contributed by atoms with Crippen LogP contribution in [0.4, 0.5) is 13.6 Å². The number of nitrogens with one attached hydrogen (secondary N) is 3. The Labute approximate surface area is 336 Å². The van der Waals surface area contributed by atoms with Crippen LogP contribution >= 0.6 is 0 Å². The second kappa shape index (κ2) is 16.0. The predicted molar refractivity (Wildman–Crippen MR) is 206 cm³/mol. The lowest BCUT2D eigenvalue weighted by Crippen LogP contribution is -2.59. The number of carbonyl (C=O) groups is 4. The van der Waals surface area contributed by atoms with E-state index >= 15 is 0 Å². The van der Waals surface area contributed by atoms with Gasteiger partial charge in [-0.3, -0.25) is 19.1 Å². The average molecular weight is 821 g/mol. The highest BCUT2D eigenvalue weighted by atomic mass is 32.2. The molecule has 0 unspecified atom stereocenters. The Hall–Kier alpha value is -4.54. The molecule has 14 nitrogen and oxygen atoms in total. The lowest BCUT2D eigenvalue weighted by Gasteiger charge is -2.34. The van der Waals surface area contributed by atoms with Crippen molar-refractivity contribution in [1.82, 2.24) is 25.2 Å². The number of halogens is 2. The highest BCUT2D eigenvalue weighted by molar-refractivity contribution is 7.91. The molecule has 4 amide bonds. The maximum Gasteiger partial charge on any atom is 0.408 e. The number of pyridine rings is 1. The molecule has 0 bridgehead atoms. The van der Waals surface area contributed by atoms with Crippen molar-refractivity contribution in [2.24, 2.45) is 17.8 Å². The number of alkyl carbamates (subject to hydrolysis) is 1. The Morgan fingerprint density at radius 2 is 1.89 bits per heavy atom. The molecule has 2 aromatic rings. The third kappa shape index (κ3) is 8.68. The van der Waals surface area contributed by atoms with Crippen LogP contribution in [0, 0.1) is 17.8 Å². The van der Waals surface area contributed by atoms with Gasteiger partial charge >= 0.3 is 6.09 Å². The third-order valence-electron chi connectivity index (χ3n) is 11.6. The van der Waals surface area contributed by atoms with E-state index in [9.17, 15) is 36.4 Å².